The van der Waals surface area contributed by atoms with Crippen LogP contribution in [0.2, 0.25) is 0 Å². The maximum absolute atomic E-state index is 11.7. The topological polar surface area (TPSA) is 46.2 Å². The molecule has 2 unspecified atom stereocenters. The lowest BCUT2D eigenvalue weighted by molar-refractivity contribution is -0.150. The molecule has 0 aromatic rings. The van der Waals surface area contributed by atoms with Gasteiger partial charge in [0.05, 0.1) is 5.41 Å². The normalized spacial score (nSPS) is 41.9. The zero-order valence-corrected chi connectivity index (χ0v) is 8.31. The van der Waals surface area contributed by atoms with Crippen molar-refractivity contribution < 1.29 is 9.59 Å². The summed E-state index contributed by atoms with van der Waals surface area (Å²) in [6.07, 6.45) is 1.68. The summed E-state index contributed by atoms with van der Waals surface area (Å²) in [4.78, 5) is 23.2. The van der Waals surface area contributed by atoms with E-state index in [4.69, 9.17) is 0 Å². The Morgan fingerprint density at radius 2 is 1.92 bits per heavy atom. The van der Waals surface area contributed by atoms with Crippen molar-refractivity contribution in [2.24, 2.45) is 16.7 Å². The van der Waals surface area contributed by atoms with Gasteiger partial charge >= 0.3 is 0 Å². The first-order valence-electron chi connectivity index (χ1n) is 4.75. The molecule has 2 fully saturated rings. The highest BCUT2D eigenvalue weighted by Gasteiger charge is 2.61. The number of rotatable bonds is 0. The van der Waals surface area contributed by atoms with E-state index in [1.165, 1.54) is 0 Å². The van der Waals surface area contributed by atoms with Crippen LogP contribution in [0, 0.1) is 16.7 Å². The van der Waals surface area contributed by atoms with E-state index in [1.807, 2.05) is 20.8 Å². The summed E-state index contributed by atoms with van der Waals surface area (Å²) in [6, 6.07) is 0. The molecule has 0 aromatic heterocycles. The Morgan fingerprint density at radius 1 is 1.31 bits per heavy atom. The molecule has 0 radical (unpaired) electrons. The van der Waals surface area contributed by atoms with E-state index in [9.17, 15) is 9.59 Å². The molecule has 0 spiro atoms. The SMILES string of the molecule is CC12CCC(C(=O)NC1=O)C2(C)C. The van der Waals surface area contributed by atoms with Gasteiger partial charge in [-0.2, -0.15) is 0 Å². The van der Waals surface area contributed by atoms with Gasteiger partial charge in [-0.05, 0) is 18.3 Å². The van der Waals surface area contributed by atoms with Gasteiger partial charge < -0.3 is 0 Å². The maximum Gasteiger partial charge on any atom is 0.233 e. The number of nitrogens with one attached hydrogen (secondary N) is 1. The number of amides is 2. The Bertz CT molecular complexity index is 295. The van der Waals surface area contributed by atoms with Gasteiger partial charge in [-0.1, -0.05) is 20.8 Å². The van der Waals surface area contributed by atoms with Crippen LogP contribution in [0.15, 0.2) is 0 Å². The smallest absolute Gasteiger partial charge is 0.233 e. The van der Waals surface area contributed by atoms with Gasteiger partial charge in [0.2, 0.25) is 11.8 Å². The van der Waals surface area contributed by atoms with E-state index in [2.05, 4.69) is 5.32 Å². The Hall–Kier alpha value is -0.860. The van der Waals surface area contributed by atoms with Gasteiger partial charge in [-0.3, -0.25) is 14.9 Å². The van der Waals surface area contributed by atoms with Crippen LogP contribution in [0.5, 0.6) is 0 Å². The summed E-state index contributed by atoms with van der Waals surface area (Å²) in [7, 11) is 0. The van der Waals surface area contributed by atoms with Gasteiger partial charge in [0, 0.05) is 5.92 Å². The molecule has 1 aliphatic carbocycles. The standard InChI is InChI=1S/C10H15NO2/c1-9(2)6-4-5-10(9,3)8(13)11-7(6)12/h6H,4-5H2,1-3H3,(H,11,12,13). The third kappa shape index (κ3) is 0.798. The molecule has 0 aromatic carbocycles. The van der Waals surface area contributed by atoms with Crippen LogP contribution in [0.3, 0.4) is 0 Å². The molecular formula is C10H15NO2. The van der Waals surface area contributed by atoms with Crippen molar-refractivity contribution >= 4 is 11.8 Å². The largest absolute Gasteiger partial charge is 0.296 e. The average molecular weight is 181 g/mol. The van der Waals surface area contributed by atoms with E-state index in [1.54, 1.807) is 0 Å². The summed E-state index contributed by atoms with van der Waals surface area (Å²) >= 11 is 0. The predicted octanol–water partition coefficient (Wildman–Crippen LogP) is 1.09. The summed E-state index contributed by atoms with van der Waals surface area (Å²) in [5.41, 5.74) is -0.516. The van der Waals surface area contributed by atoms with Gasteiger partial charge in [0.1, 0.15) is 0 Å². The third-order valence-corrected chi connectivity index (χ3v) is 4.28. The van der Waals surface area contributed by atoms with E-state index in [0.717, 1.165) is 12.8 Å². The molecule has 72 valence electrons. The Kier molecular flexibility index (Phi) is 1.44. The average Bonchev–Trinajstić information content (AvgIpc) is 2.16. The number of carbonyl (C=O) groups excluding carboxylic acids is 2. The summed E-state index contributed by atoms with van der Waals surface area (Å²) < 4.78 is 0. The van der Waals surface area contributed by atoms with Crippen LogP contribution in [0.25, 0.3) is 0 Å². The lowest BCUT2D eigenvalue weighted by atomic mass is 9.63. The lowest BCUT2D eigenvalue weighted by Crippen LogP contribution is -2.57. The minimum atomic E-state index is -0.342. The van der Waals surface area contributed by atoms with Crippen molar-refractivity contribution in [3.63, 3.8) is 0 Å². The summed E-state index contributed by atoms with van der Waals surface area (Å²) in [6.45, 7) is 6.03. The molecule has 2 atom stereocenters. The van der Waals surface area contributed by atoms with E-state index >= 15 is 0 Å². The summed E-state index contributed by atoms with van der Waals surface area (Å²) in [5, 5.41) is 2.46. The molecule has 1 saturated carbocycles. The summed E-state index contributed by atoms with van der Waals surface area (Å²) in [5.74, 6) is -0.142. The molecule has 2 amide bonds. The molecule has 1 N–H and O–H groups in total. The van der Waals surface area contributed by atoms with Crippen LogP contribution in [-0.2, 0) is 9.59 Å². The zero-order valence-electron chi connectivity index (χ0n) is 8.31. The quantitative estimate of drug-likeness (QED) is 0.568. The molecule has 2 rings (SSSR count). The Morgan fingerprint density at radius 3 is 2.54 bits per heavy atom. The van der Waals surface area contributed by atoms with Crippen molar-refractivity contribution in [3.05, 3.63) is 0 Å². The molecule has 13 heavy (non-hydrogen) atoms. The van der Waals surface area contributed by atoms with Crippen molar-refractivity contribution in [2.45, 2.75) is 33.6 Å². The lowest BCUT2D eigenvalue weighted by Gasteiger charge is -2.43. The molecule has 1 heterocycles. The number of imide groups is 1. The third-order valence-electron chi connectivity index (χ3n) is 4.28. The van der Waals surface area contributed by atoms with Gasteiger partial charge in [0.25, 0.3) is 0 Å². The minimum absolute atomic E-state index is 0.0233. The molecule has 2 bridgehead atoms. The molecule has 1 saturated heterocycles. The molecule has 3 nitrogen and oxygen atoms in total. The fourth-order valence-corrected chi connectivity index (χ4v) is 2.70. The first-order valence-corrected chi connectivity index (χ1v) is 4.75. The van der Waals surface area contributed by atoms with Crippen molar-refractivity contribution in [1.29, 1.82) is 0 Å². The fraction of sp³-hybridized carbons (Fsp3) is 0.800. The number of hydrogen-bond acceptors (Lipinski definition) is 2. The van der Waals surface area contributed by atoms with Gasteiger partial charge in [-0.25, -0.2) is 0 Å². The second kappa shape index (κ2) is 2.14. The highest BCUT2D eigenvalue weighted by atomic mass is 16.2. The minimum Gasteiger partial charge on any atom is -0.296 e. The molecular weight excluding hydrogens is 166 g/mol. The molecule has 2 aliphatic rings. The van der Waals surface area contributed by atoms with Crippen LogP contribution in [0.1, 0.15) is 33.6 Å². The number of fused-ring (bicyclic) bond motifs is 2. The number of carbonyl (C=O) groups is 2. The Labute approximate surface area is 77.9 Å². The van der Waals surface area contributed by atoms with Crippen LogP contribution < -0.4 is 5.32 Å². The maximum atomic E-state index is 11.7. The first kappa shape index (κ1) is 8.73. The van der Waals surface area contributed by atoms with Gasteiger partial charge in [0.15, 0.2) is 0 Å². The van der Waals surface area contributed by atoms with Crippen LogP contribution >= 0.6 is 0 Å². The zero-order chi connectivity index (χ0) is 9.85. The monoisotopic (exact) mass is 181 g/mol. The van der Waals surface area contributed by atoms with E-state index < -0.39 is 0 Å². The highest BCUT2D eigenvalue weighted by molar-refractivity contribution is 6.03. The first-order chi connectivity index (χ1) is 5.89. The van der Waals surface area contributed by atoms with Crippen LogP contribution in [0.4, 0.5) is 0 Å². The van der Waals surface area contributed by atoms with E-state index in [0.29, 0.717) is 0 Å². The van der Waals surface area contributed by atoms with Crippen molar-refractivity contribution in [2.75, 3.05) is 0 Å². The second-order valence-electron chi connectivity index (χ2n) is 4.96. The number of hydrogen-bond donors (Lipinski definition) is 1. The molecule has 3 heteroatoms. The Balaban J connectivity index is 2.51. The predicted molar refractivity (Wildman–Crippen MR) is 47.8 cm³/mol. The second-order valence-corrected chi connectivity index (χ2v) is 4.96. The number of piperidine rings is 1. The van der Waals surface area contributed by atoms with Crippen LogP contribution in [-0.4, -0.2) is 11.8 Å². The van der Waals surface area contributed by atoms with Crippen molar-refractivity contribution in [3.8, 4) is 0 Å². The fourth-order valence-electron chi connectivity index (χ4n) is 2.70. The van der Waals surface area contributed by atoms with Gasteiger partial charge in [-0.15, -0.1) is 0 Å². The molecule has 1 aliphatic heterocycles. The highest BCUT2D eigenvalue weighted by Crippen LogP contribution is 2.57. The van der Waals surface area contributed by atoms with Crippen molar-refractivity contribution in [1.82, 2.24) is 5.32 Å². The van der Waals surface area contributed by atoms with E-state index in [-0.39, 0.29) is 28.6 Å².